The summed E-state index contributed by atoms with van der Waals surface area (Å²) in [6.45, 7) is 1.57. The number of esters is 1. The molecule has 1 aliphatic heterocycles. The first-order chi connectivity index (χ1) is 9.36. The Balaban J connectivity index is 2.13. The maximum Gasteiger partial charge on any atom is 0.342 e. The van der Waals surface area contributed by atoms with Crippen molar-refractivity contribution in [2.24, 2.45) is 0 Å². The van der Waals surface area contributed by atoms with Crippen LogP contribution in [0.5, 0.6) is 11.5 Å². The molecule has 0 spiro atoms. The molecular formula is C14H18O6. The van der Waals surface area contributed by atoms with Crippen LogP contribution in [0.3, 0.4) is 0 Å². The Kier molecular flexibility index (Phi) is 4.15. The van der Waals surface area contributed by atoms with Gasteiger partial charge in [0.05, 0.1) is 12.2 Å². The summed E-state index contributed by atoms with van der Waals surface area (Å²) in [5.41, 5.74) is 0.553. The number of aromatic hydroxyl groups is 2. The molecule has 110 valence electrons. The third kappa shape index (κ3) is 3.20. The van der Waals surface area contributed by atoms with Crippen molar-refractivity contribution in [1.29, 1.82) is 0 Å². The highest BCUT2D eigenvalue weighted by Crippen LogP contribution is 2.33. The maximum absolute atomic E-state index is 11.8. The van der Waals surface area contributed by atoms with Crippen molar-refractivity contribution in [3.05, 3.63) is 23.3 Å². The summed E-state index contributed by atoms with van der Waals surface area (Å²) in [5, 5.41) is 38.1. The Bertz CT molecular complexity index is 511. The Morgan fingerprint density at radius 2 is 2.05 bits per heavy atom. The van der Waals surface area contributed by atoms with Gasteiger partial charge in [-0.05, 0) is 25.0 Å². The van der Waals surface area contributed by atoms with Gasteiger partial charge in [0.15, 0.2) is 0 Å². The normalized spacial score (nSPS) is 20.9. The third-order valence-corrected chi connectivity index (χ3v) is 3.26. The topological polar surface area (TPSA) is 107 Å². The molecule has 20 heavy (non-hydrogen) atoms. The van der Waals surface area contributed by atoms with Crippen LogP contribution in [-0.2, 0) is 11.2 Å². The summed E-state index contributed by atoms with van der Waals surface area (Å²) in [6, 6.07) is 2.49. The minimum atomic E-state index is -0.778. The molecule has 0 saturated carbocycles. The second kappa shape index (κ2) is 5.68. The number of carbonyl (C=O) groups excluding carboxylic acids is 1. The van der Waals surface area contributed by atoms with Gasteiger partial charge in [-0.1, -0.05) is 0 Å². The Morgan fingerprint density at radius 3 is 2.70 bits per heavy atom. The molecule has 1 aromatic rings. The molecule has 0 amide bonds. The second-order valence-electron chi connectivity index (χ2n) is 5.20. The van der Waals surface area contributed by atoms with Crippen LogP contribution in [-0.4, -0.2) is 44.7 Å². The molecule has 6 nitrogen and oxygen atoms in total. The van der Waals surface area contributed by atoms with Crippen molar-refractivity contribution < 1.29 is 30.0 Å². The van der Waals surface area contributed by atoms with Crippen molar-refractivity contribution in [2.45, 2.75) is 44.5 Å². The molecule has 4 N–H and O–H groups in total. The van der Waals surface area contributed by atoms with Crippen LogP contribution in [0, 0.1) is 0 Å². The number of hydrogen-bond acceptors (Lipinski definition) is 6. The fraction of sp³-hybridized carbons (Fsp3) is 0.500. The lowest BCUT2D eigenvalue weighted by atomic mass is 9.94. The van der Waals surface area contributed by atoms with Crippen LogP contribution in [0.4, 0.5) is 0 Å². The van der Waals surface area contributed by atoms with Crippen molar-refractivity contribution in [1.82, 2.24) is 0 Å². The zero-order valence-corrected chi connectivity index (χ0v) is 11.1. The molecule has 0 aliphatic carbocycles. The molecule has 3 atom stereocenters. The minimum Gasteiger partial charge on any atom is -0.508 e. The number of aliphatic hydroxyl groups is 2. The van der Waals surface area contributed by atoms with Gasteiger partial charge in [-0.2, -0.15) is 0 Å². The lowest BCUT2D eigenvalue weighted by Gasteiger charge is -2.27. The van der Waals surface area contributed by atoms with E-state index >= 15 is 0 Å². The third-order valence-electron chi connectivity index (χ3n) is 3.26. The van der Waals surface area contributed by atoms with Gasteiger partial charge in [0.2, 0.25) is 0 Å². The lowest BCUT2D eigenvalue weighted by Crippen LogP contribution is -2.32. The molecule has 6 heteroatoms. The van der Waals surface area contributed by atoms with Gasteiger partial charge < -0.3 is 25.2 Å². The van der Waals surface area contributed by atoms with Crippen molar-refractivity contribution in [3.63, 3.8) is 0 Å². The van der Waals surface area contributed by atoms with Gasteiger partial charge >= 0.3 is 5.97 Å². The SMILES string of the molecule is C[C@H](O)C[C@H](O)CC1Cc2cc(O)cc(O)c2C(=O)O1. The van der Waals surface area contributed by atoms with E-state index in [1.807, 2.05) is 0 Å². The molecule has 2 rings (SSSR count). The predicted octanol–water partition coefficient (Wildman–Crippen LogP) is 0.701. The molecule has 0 radical (unpaired) electrons. The largest absolute Gasteiger partial charge is 0.508 e. The first kappa shape index (κ1) is 14.6. The quantitative estimate of drug-likeness (QED) is 0.606. The monoisotopic (exact) mass is 282 g/mol. The number of phenolic OH excluding ortho intramolecular Hbond substituents is 2. The van der Waals surface area contributed by atoms with E-state index in [4.69, 9.17) is 4.74 Å². The number of rotatable bonds is 4. The van der Waals surface area contributed by atoms with Crippen LogP contribution in [0.15, 0.2) is 12.1 Å². The van der Waals surface area contributed by atoms with Gasteiger partial charge in [-0.25, -0.2) is 4.79 Å². The van der Waals surface area contributed by atoms with Crippen LogP contribution in [0.2, 0.25) is 0 Å². The zero-order chi connectivity index (χ0) is 14.9. The van der Waals surface area contributed by atoms with E-state index in [0.29, 0.717) is 12.0 Å². The number of ether oxygens (including phenoxy) is 1. The van der Waals surface area contributed by atoms with E-state index in [2.05, 4.69) is 0 Å². The summed E-state index contributed by atoms with van der Waals surface area (Å²) < 4.78 is 5.16. The molecule has 1 aromatic carbocycles. The molecule has 0 saturated heterocycles. The molecule has 0 fully saturated rings. The first-order valence-electron chi connectivity index (χ1n) is 6.48. The average molecular weight is 282 g/mol. The van der Waals surface area contributed by atoms with Crippen molar-refractivity contribution >= 4 is 5.97 Å². The summed E-state index contributed by atoms with van der Waals surface area (Å²) in [4.78, 5) is 11.8. The summed E-state index contributed by atoms with van der Waals surface area (Å²) in [5.74, 6) is -1.11. The molecule has 1 heterocycles. The number of phenols is 2. The highest BCUT2D eigenvalue weighted by molar-refractivity contribution is 5.95. The Morgan fingerprint density at radius 1 is 1.35 bits per heavy atom. The van der Waals surface area contributed by atoms with Crippen molar-refractivity contribution in [3.8, 4) is 11.5 Å². The smallest absolute Gasteiger partial charge is 0.342 e. The van der Waals surface area contributed by atoms with E-state index < -0.39 is 24.3 Å². The number of benzene rings is 1. The highest BCUT2D eigenvalue weighted by atomic mass is 16.5. The average Bonchev–Trinajstić information content (AvgIpc) is 2.25. The number of cyclic esters (lactones) is 1. The van der Waals surface area contributed by atoms with Gasteiger partial charge in [0.25, 0.3) is 0 Å². The maximum atomic E-state index is 11.8. The minimum absolute atomic E-state index is 0.0593. The number of hydrogen-bond donors (Lipinski definition) is 4. The fourth-order valence-corrected chi connectivity index (χ4v) is 2.49. The van der Waals surface area contributed by atoms with Crippen molar-refractivity contribution in [2.75, 3.05) is 0 Å². The van der Waals surface area contributed by atoms with Crippen LogP contribution in [0.25, 0.3) is 0 Å². The fourth-order valence-electron chi connectivity index (χ4n) is 2.49. The molecule has 0 aromatic heterocycles. The number of aliphatic hydroxyl groups excluding tert-OH is 2. The van der Waals surface area contributed by atoms with E-state index in [9.17, 15) is 25.2 Å². The number of carbonyl (C=O) groups is 1. The van der Waals surface area contributed by atoms with Gasteiger partial charge in [-0.3, -0.25) is 0 Å². The van der Waals surface area contributed by atoms with E-state index in [-0.39, 0.29) is 29.9 Å². The summed E-state index contributed by atoms with van der Waals surface area (Å²) in [6.07, 6.45) is -1.24. The standard InChI is InChI=1S/C14H18O6/c1-7(15)2-9(16)5-11-4-8-3-10(17)6-12(18)13(8)14(19)20-11/h3,6-7,9,11,15-18H,2,4-5H2,1H3/t7-,9-,11?/m0/s1. The summed E-state index contributed by atoms with van der Waals surface area (Å²) in [7, 11) is 0. The predicted molar refractivity (Wildman–Crippen MR) is 69.6 cm³/mol. The van der Waals surface area contributed by atoms with Crippen LogP contribution >= 0.6 is 0 Å². The lowest BCUT2D eigenvalue weighted by molar-refractivity contribution is 0.00279. The molecule has 1 unspecified atom stereocenters. The second-order valence-corrected chi connectivity index (χ2v) is 5.20. The molecule has 1 aliphatic rings. The van der Waals surface area contributed by atoms with E-state index in [0.717, 1.165) is 6.07 Å². The van der Waals surface area contributed by atoms with Gasteiger partial charge in [0.1, 0.15) is 23.2 Å². The summed E-state index contributed by atoms with van der Waals surface area (Å²) >= 11 is 0. The number of fused-ring (bicyclic) bond motifs is 1. The van der Waals surface area contributed by atoms with Crippen LogP contribution < -0.4 is 0 Å². The van der Waals surface area contributed by atoms with Gasteiger partial charge in [0, 0.05) is 18.9 Å². The van der Waals surface area contributed by atoms with Crippen LogP contribution in [0.1, 0.15) is 35.7 Å². The van der Waals surface area contributed by atoms with E-state index in [1.54, 1.807) is 6.92 Å². The Hall–Kier alpha value is -1.79. The highest BCUT2D eigenvalue weighted by Gasteiger charge is 2.31. The van der Waals surface area contributed by atoms with E-state index in [1.165, 1.54) is 6.07 Å². The Labute approximate surface area is 116 Å². The first-order valence-corrected chi connectivity index (χ1v) is 6.48. The zero-order valence-electron chi connectivity index (χ0n) is 11.1. The van der Waals surface area contributed by atoms with Gasteiger partial charge in [-0.15, -0.1) is 0 Å². The molecule has 0 bridgehead atoms. The molecular weight excluding hydrogens is 264 g/mol.